The molecule has 0 radical (unpaired) electrons. The lowest BCUT2D eigenvalue weighted by atomic mass is 9.84. The Bertz CT molecular complexity index is 712. The van der Waals surface area contributed by atoms with Crippen LogP contribution in [0.3, 0.4) is 0 Å². The first-order valence-corrected chi connectivity index (χ1v) is 7.20. The van der Waals surface area contributed by atoms with E-state index in [0.29, 0.717) is 11.4 Å². The summed E-state index contributed by atoms with van der Waals surface area (Å²) in [6, 6.07) is 11.6. The van der Waals surface area contributed by atoms with Crippen molar-refractivity contribution >= 4 is 23.2 Å². The van der Waals surface area contributed by atoms with Crippen LogP contribution < -0.4 is 10.1 Å². The van der Waals surface area contributed by atoms with Gasteiger partial charge in [-0.05, 0) is 35.7 Å². The SMILES string of the molecule is COc1cc2c(cc1C)C(c1ccccc1Cl)CC(=O)N2. The molecule has 108 valence electrons. The van der Waals surface area contributed by atoms with Crippen molar-refractivity contribution in [1.29, 1.82) is 0 Å². The Morgan fingerprint density at radius 2 is 2.00 bits per heavy atom. The summed E-state index contributed by atoms with van der Waals surface area (Å²) in [7, 11) is 1.63. The number of carbonyl (C=O) groups is 1. The minimum absolute atomic E-state index is 0.00155. The van der Waals surface area contributed by atoms with E-state index in [1.165, 1.54) is 0 Å². The highest BCUT2D eigenvalue weighted by Crippen LogP contribution is 2.42. The van der Waals surface area contributed by atoms with E-state index in [1.807, 2.05) is 37.3 Å². The number of anilines is 1. The molecule has 0 saturated heterocycles. The second kappa shape index (κ2) is 5.41. The quantitative estimate of drug-likeness (QED) is 0.905. The van der Waals surface area contributed by atoms with Gasteiger partial charge in [-0.15, -0.1) is 0 Å². The molecule has 2 aromatic carbocycles. The van der Waals surface area contributed by atoms with Gasteiger partial charge in [0.1, 0.15) is 5.75 Å². The molecule has 0 saturated carbocycles. The van der Waals surface area contributed by atoms with E-state index in [2.05, 4.69) is 11.4 Å². The number of carbonyl (C=O) groups excluding carboxylic acids is 1. The van der Waals surface area contributed by atoms with Crippen molar-refractivity contribution < 1.29 is 9.53 Å². The number of rotatable bonds is 2. The summed E-state index contributed by atoms with van der Waals surface area (Å²) < 4.78 is 5.33. The maximum atomic E-state index is 12.0. The van der Waals surface area contributed by atoms with E-state index in [-0.39, 0.29) is 11.8 Å². The highest BCUT2D eigenvalue weighted by molar-refractivity contribution is 6.31. The van der Waals surface area contributed by atoms with Crippen molar-refractivity contribution in [2.75, 3.05) is 12.4 Å². The van der Waals surface area contributed by atoms with Gasteiger partial charge < -0.3 is 10.1 Å². The topological polar surface area (TPSA) is 38.3 Å². The number of amides is 1. The number of hydrogen-bond acceptors (Lipinski definition) is 2. The van der Waals surface area contributed by atoms with Gasteiger partial charge >= 0.3 is 0 Å². The average Bonchev–Trinajstić information content (AvgIpc) is 2.47. The van der Waals surface area contributed by atoms with E-state index < -0.39 is 0 Å². The van der Waals surface area contributed by atoms with Crippen LogP contribution >= 0.6 is 11.6 Å². The van der Waals surface area contributed by atoms with Gasteiger partial charge in [-0.25, -0.2) is 0 Å². The molecule has 0 fully saturated rings. The number of halogens is 1. The van der Waals surface area contributed by atoms with Crippen LogP contribution in [0.1, 0.15) is 29.0 Å². The predicted molar refractivity (Wildman–Crippen MR) is 84.3 cm³/mol. The minimum atomic E-state index is -0.0212. The number of aryl methyl sites for hydroxylation is 1. The minimum Gasteiger partial charge on any atom is -0.496 e. The molecule has 1 unspecified atom stereocenters. The van der Waals surface area contributed by atoms with Crippen molar-refractivity contribution in [2.24, 2.45) is 0 Å². The first kappa shape index (κ1) is 14.0. The van der Waals surface area contributed by atoms with Crippen LogP contribution in [0, 0.1) is 6.92 Å². The first-order valence-electron chi connectivity index (χ1n) is 6.83. The van der Waals surface area contributed by atoms with Crippen LogP contribution in [-0.4, -0.2) is 13.0 Å². The summed E-state index contributed by atoms with van der Waals surface area (Å²) in [5.41, 5.74) is 3.92. The fourth-order valence-electron chi connectivity index (χ4n) is 2.86. The first-order chi connectivity index (χ1) is 10.1. The standard InChI is InChI=1S/C17H16ClNO2/c1-10-7-13-12(11-5-3-4-6-14(11)18)8-17(20)19-15(13)9-16(10)21-2/h3-7,9,12H,8H2,1-2H3,(H,19,20). The number of nitrogens with one attached hydrogen (secondary N) is 1. The molecule has 1 amide bonds. The van der Waals surface area contributed by atoms with E-state index in [9.17, 15) is 4.79 Å². The predicted octanol–water partition coefficient (Wildman–Crippen LogP) is 4.13. The van der Waals surface area contributed by atoms with E-state index in [4.69, 9.17) is 16.3 Å². The third-order valence-corrected chi connectivity index (χ3v) is 4.23. The zero-order chi connectivity index (χ0) is 15.0. The maximum Gasteiger partial charge on any atom is 0.225 e. The highest BCUT2D eigenvalue weighted by atomic mass is 35.5. The molecule has 0 spiro atoms. The van der Waals surface area contributed by atoms with Crippen LogP contribution in [0.2, 0.25) is 5.02 Å². The lowest BCUT2D eigenvalue weighted by molar-refractivity contribution is -0.116. The zero-order valence-corrected chi connectivity index (χ0v) is 12.7. The monoisotopic (exact) mass is 301 g/mol. The molecular weight excluding hydrogens is 286 g/mol. The smallest absolute Gasteiger partial charge is 0.225 e. The largest absolute Gasteiger partial charge is 0.496 e. The van der Waals surface area contributed by atoms with E-state index >= 15 is 0 Å². The fraction of sp³-hybridized carbons (Fsp3) is 0.235. The molecule has 1 atom stereocenters. The molecule has 3 nitrogen and oxygen atoms in total. The van der Waals surface area contributed by atoms with E-state index in [1.54, 1.807) is 7.11 Å². The number of ether oxygens (including phenoxy) is 1. The van der Waals surface area contributed by atoms with Gasteiger partial charge in [-0.2, -0.15) is 0 Å². The Balaban J connectivity index is 2.16. The third-order valence-electron chi connectivity index (χ3n) is 3.89. The second-order valence-electron chi connectivity index (χ2n) is 5.24. The second-order valence-corrected chi connectivity index (χ2v) is 5.64. The fourth-order valence-corrected chi connectivity index (χ4v) is 3.13. The van der Waals surface area contributed by atoms with Gasteiger partial charge in [0.15, 0.2) is 0 Å². The van der Waals surface area contributed by atoms with Gasteiger partial charge in [0.25, 0.3) is 0 Å². The molecule has 1 aliphatic rings. The van der Waals surface area contributed by atoms with Crippen LogP contribution in [-0.2, 0) is 4.79 Å². The van der Waals surface area contributed by atoms with Gasteiger partial charge in [-0.1, -0.05) is 29.8 Å². The summed E-state index contributed by atoms with van der Waals surface area (Å²) in [6.45, 7) is 2.00. The molecular formula is C17H16ClNO2. The maximum absolute atomic E-state index is 12.0. The molecule has 21 heavy (non-hydrogen) atoms. The Labute approximate surface area is 128 Å². The van der Waals surface area contributed by atoms with Crippen molar-refractivity contribution in [3.63, 3.8) is 0 Å². The average molecular weight is 302 g/mol. The summed E-state index contributed by atoms with van der Waals surface area (Å²) in [6.07, 6.45) is 0.405. The Hall–Kier alpha value is -2.00. The van der Waals surface area contributed by atoms with Crippen LogP contribution in [0.15, 0.2) is 36.4 Å². The molecule has 0 aliphatic carbocycles. The molecule has 4 heteroatoms. The van der Waals surface area contributed by atoms with Gasteiger partial charge in [0.2, 0.25) is 5.91 Å². The van der Waals surface area contributed by atoms with Gasteiger partial charge in [-0.3, -0.25) is 4.79 Å². The van der Waals surface area contributed by atoms with Crippen LogP contribution in [0.5, 0.6) is 5.75 Å². The zero-order valence-electron chi connectivity index (χ0n) is 11.9. The number of methoxy groups -OCH3 is 1. The normalized spacial score (nSPS) is 17.1. The van der Waals surface area contributed by atoms with Crippen LogP contribution in [0.4, 0.5) is 5.69 Å². The summed E-state index contributed by atoms with van der Waals surface area (Å²) in [4.78, 5) is 12.0. The molecule has 2 aromatic rings. The van der Waals surface area contributed by atoms with Gasteiger partial charge in [0, 0.05) is 29.1 Å². The Morgan fingerprint density at radius 3 is 2.71 bits per heavy atom. The van der Waals surface area contributed by atoms with Crippen molar-refractivity contribution in [3.8, 4) is 5.75 Å². The van der Waals surface area contributed by atoms with Crippen molar-refractivity contribution in [2.45, 2.75) is 19.3 Å². The molecule has 0 bridgehead atoms. The summed E-state index contributed by atoms with van der Waals surface area (Å²) in [5, 5.41) is 3.61. The van der Waals surface area contributed by atoms with Crippen molar-refractivity contribution in [1.82, 2.24) is 0 Å². The number of benzene rings is 2. The molecule has 1 aliphatic heterocycles. The van der Waals surface area contributed by atoms with E-state index in [0.717, 1.165) is 28.1 Å². The Morgan fingerprint density at radius 1 is 1.24 bits per heavy atom. The molecule has 1 heterocycles. The Kier molecular flexibility index (Phi) is 3.60. The van der Waals surface area contributed by atoms with Crippen molar-refractivity contribution in [3.05, 3.63) is 58.1 Å². The van der Waals surface area contributed by atoms with Crippen LogP contribution in [0.25, 0.3) is 0 Å². The highest BCUT2D eigenvalue weighted by Gasteiger charge is 2.28. The summed E-state index contributed by atoms with van der Waals surface area (Å²) in [5.74, 6) is 0.749. The summed E-state index contributed by atoms with van der Waals surface area (Å²) >= 11 is 6.31. The lowest BCUT2D eigenvalue weighted by Crippen LogP contribution is -2.24. The number of fused-ring (bicyclic) bond motifs is 1. The molecule has 3 rings (SSSR count). The molecule has 0 aromatic heterocycles. The third kappa shape index (κ3) is 2.49. The lowest BCUT2D eigenvalue weighted by Gasteiger charge is -2.27. The molecule has 1 N–H and O–H groups in total. The van der Waals surface area contributed by atoms with Gasteiger partial charge in [0.05, 0.1) is 7.11 Å². The number of hydrogen-bond donors (Lipinski definition) is 1.